The quantitative estimate of drug-likeness (QED) is 0.144. The van der Waals surface area contributed by atoms with Gasteiger partial charge in [0.2, 0.25) is 5.75 Å². The van der Waals surface area contributed by atoms with Crippen LogP contribution in [0, 0.1) is 18.3 Å². The molecule has 0 radical (unpaired) electrons. The molecule has 4 aromatic rings. The zero-order valence-electron chi connectivity index (χ0n) is 19.6. The Bertz CT molecular complexity index is 1350. The number of hydrogen-bond donors (Lipinski definition) is 0. The second-order valence-corrected chi connectivity index (χ2v) is 10.2. The van der Waals surface area contributed by atoms with Gasteiger partial charge in [-0.15, -0.1) is 11.3 Å². The Morgan fingerprint density at radius 1 is 1.03 bits per heavy atom. The number of thiazole rings is 1. The number of thioether (sulfide) groups is 1. The van der Waals surface area contributed by atoms with E-state index in [1.54, 1.807) is 39.7 Å². The van der Waals surface area contributed by atoms with Crippen molar-refractivity contribution < 1.29 is 14.2 Å². The predicted molar refractivity (Wildman–Crippen MR) is 139 cm³/mol. The summed E-state index contributed by atoms with van der Waals surface area (Å²) in [5.74, 6) is 2.13. The lowest BCUT2D eigenvalue weighted by atomic mass is 10.1. The fraction of sp³-hybridized carbons (Fsp3) is 0.200. The van der Waals surface area contributed by atoms with Crippen molar-refractivity contribution in [2.75, 3.05) is 21.3 Å². The van der Waals surface area contributed by atoms with Crippen LogP contribution in [0.5, 0.6) is 17.2 Å². The van der Waals surface area contributed by atoms with Crippen LogP contribution in [-0.2, 0) is 5.75 Å². The van der Waals surface area contributed by atoms with Gasteiger partial charge in [-0.3, -0.25) is 0 Å². The van der Waals surface area contributed by atoms with Gasteiger partial charge in [0, 0.05) is 22.9 Å². The van der Waals surface area contributed by atoms with Crippen molar-refractivity contribution in [1.82, 2.24) is 15.0 Å². The number of ether oxygens (including phenoxy) is 3. The molecule has 0 spiro atoms. The highest BCUT2D eigenvalue weighted by atomic mass is 32.2. The molecule has 0 saturated heterocycles. The molecule has 10 heteroatoms. The zero-order chi connectivity index (χ0) is 24.8. The van der Waals surface area contributed by atoms with E-state index in [0.29, 0.717) is 50.0 Å². The van der Waals surface area contributed by atoms with E-state index in [4.69, 9.17) is 24.2 Å². The Morgan fingerprint density at radius 3 is 2.37 bits per heavy atom. The number of aryl methyl sites for hydroxylation is 1. The standard InChI is InChI=1S/C25H22N4O3S3/c1-15-7-5-6-8-16(15)14-34-24-28-21(17-11-19(30-2)22(32-4)20(12-17)31-3)18(13-26)23(29-24)35-25-27-9-10-33-25/h5-12H,14H2,1-4H3. The van der Waals surface area contributed by atoms with Gasteiger partial charge in [-0.2, -0.15) is 5.26 Å². The minimum Gasteiger partial charge on any atom is -0.493 e. The molecule has 7 nitrogen and oxygen atoms in total. The van der Waals surface area contributed by atoms with E-state index in [1.165, 1.54) is 46.0 Å². The molecule has 2 aromatic carbocycles. The van der Waals surface area contributed by atoms with Crippen LogP contribution in [0.2, 0.25) is 0 Å². The summed E-state index contributed by atoms with van der Waals surface area (Å²) in [4.78, 5) is 13.9. The lowest BCUT2D eigenvalue weighted by molar-refractivity contribution is 0.324. The Hall–Kier alpha value is -3.26. The van der Waals surface area contributed by atoms with Gasteiger partial charge in [0.05, 0.1) is 27.0 Å². The Balaban J connectivity index is 1.84. The molecule has 0 atom stereocenters. The van der Waals surface area contributed by atoms with Crippen molar-refractivity contribution in [3.63, 3.8) is 0 Å². The van der Waals surface area contributed by atoms with Crippen molar-refractivity contribution in [2.24, 2.45) is 0 Å². The van der Waals surface area contributed by atoms with Gasteiger partial charge in [-0.1, -0.05) is 36.0 Å². The van der Waals surface area contributed by atoms with Crippen LogP contribution in [0.3, 0.4) is 0 Å². The number of rotatable bonds is 9. The van der Waals surface area contributed by atoms with Crippen LogP contribution in [0.15, 0.2) is 62.5 Å². The molecule has 0 N–H and O–H groups in total. The van der Waals surface area contributed by atoms with Crippen LogP contribution < -0.4 is 14.2 Å². The highest BCUT2D eigenvalue weighted by Gasteiger charge is 2.22. The predicted octanol–water partition coefficient (Wildman–Crippen LogP) is 6.25. The largest absolute Gasteiger partial charge is 0.493 e. The van der Waals surface area contributed by atoms with Crippen molar-refractivity contribution in [3.05, 3.63) is 64.7 Å². The fourth-order valence-corrected chi connectivity index (χ4v) is 5.93. The van der Waals surface area contributed by atoms with E-state index in [-0.39, 0.29) is 0 Å². The molecule has 0 bridgehead atoms. The number of nitrogens with zero attached hydrogens (tertiary/aromatic N) is 4. The first kappa shape index (κ1) is 24.9. The average molecular weight is 523 g/mol. The third-order valence-electron chi connectivity index (χ3n) is 5.12. The Labute approximate surface area is 216 Å². The molecule has 2 aromatic heterocycles. The summed E-state index contributed by atoms with van der Waals surface area (Å²) in [6.07, 6.45) is 1.73. The van der Waals surface area contributed by atoms with Crippen molar-refractivity contribution in [2.45, 2.75) is 27.2 Å². The smallest absolute Gasteiger partial charge is 0.203 e. The summed E-state index contributed by atoms with van der Waals surface area (Å²) in [5.41, 5.74) is 3.93. The topological polar surface area (TPSA) is 90.2 Å². The minimum absolute atomic E-state index is 0.361. The number of methoxy groups -OCH3 is 3. The van der Waals surface area contributed by atoms with Crippen LogP contribution >= 0.6 is 34.9 Å². The molecular weight excluding hydrogens is 501 g/mol. The molecular formula is C25H22N4O3S3. The average Bonchev–Trinajstić information content (AvgIpc) is 3.40. The maximum Gasteiger partial charge on any atom is 0.203 e. The SMILES string of the molecule is COc1cc(-c2nc(SCc3ccccc3C)nc(Sc3nccs3)c2C#N)cc(OC)c1OC. The second kappa shape index (κ2) is 11.4. The van der Waals surface area contributed by atoms with Gasteiger partial charge >= 0.3 is 0 Å². The molecule has 35 heavy (non-hydrogen) atoms. The van der Waals surface area contributed by atoms with E-state index in [0.717, 1.165) is 4.34 Å². The third kappa shape index (κ3) is 5.53. The molecule has 2 heterocycles. The summed E-state index contributed by atoms with van der Waals surface area (Å²) < 4.78 is 17.3. The van der Waals surface area contributed by atoms with Crippen molar-refractivity contribution in [1.29, 1.82) is 5.26 Å². The summed E-state index contributed by atoms with van der Waals surface area (Å²) in [6.45, 7) is 2.08. The first-order valence-electron chi connectivity index (χ1n) is 10.4. The van der Waals surface area contributed by atoms with E-state index in [9.17, 15) is 5.26 Å². The molecule has 0 unspecified atom stereocenters. The van der Waals surface area contributed by atoms with Gasteiger partial charge < -0.3 is 14.2 Å². The van der Waals surface area contributed by atoms with Crippen LogP contribution in [0.25, 0.3) is 11.3 Å². The number of hydrogen-bond acceptors (Lipinski definition) is 10. The number of aromatic nitrogens is 3. The molecule has 0 aliphatic rings. The van der Waals surface area contributed by atoms with Crippen LogP contribution in [0.1, 0.15) is 16.7 Å². The number of nitriles is 1. The normalized spacial score (nSPS) is 10.6. The van der Waals surface area contributed by atoms with Crippen LogP contribution in [-0.4, -0.2) is 36.3 Å². The van der Waals surface area contributed by atoms with E-state index < -0.39 is 0 Å². The highest BCUT2D eigenvalue weighted by molar-refractivity contribution is 8.01. The maximum absolute atomic E-state index is 10.1. The third-order valence-corrected chi connectivity index (χ3v) is 7.89. The summed E-state index contributed by atoms with van der Waals surface area (Å²) in [7, 11) is 4.66. The zero-order valence-corrected chi connectivity index (χ0v) is 22.0. The van der Waals surface area contributed by atoms with Crippen LogP contribution in [0.4, 0.5) is 0 Å². The molecule has 0 fully saturated rings. The summed E-state index contributed by atoms with van der Waals surface area (Å²) in [6, 6.07) is 14.1. The van der Waals surface area contributed by atoms with Gasteiger partial charge in [-0.25, -0.2) is 15.0 Å². The Kier molecular flexibility index (Phi) is 8.13. The fourth-order valence-electron chi connectivity index (χ4n) is 3.34. The highest BCUT2D eigenvalue weighted by Crippen LogP contribution is 2.43. The Morgan fingerprint density at radius 2 is 1.77 bits per heavy atom. The maximum atomic E-state index is 10.1. The number of benzene rings is 2. The van der Waals surface area contributed by atoms with E-state index >= 15 is 0 Å². The van der Waals surface area contributed by atoms with Gasteiger partial charge in [0.15, 0.2) is 21.0 Å². The molecule has 178 valence electrons. The van der Waals surface area contributed by atoms with Crippen molar-refractivity contribution >= 4 is 34.9 Å². The minimum atomic E-state index is 0.361. The molecule has 0 aliphatic carbocycles. The van der Waals surface area contributed by atoms with Gasteiger partial charge in [0.1, 0.15) is 16.7 Å². The van der Waals surface area contributed by atoms with Crippen molar-refractivity contribution in [3.8, 4) is 34.6 Å². The summed E-state index contributed by atoms with van der Waals surface area (Å²) in [5, 5.41) is 13.1. The molecule has 0 amide bonds. The molecule has 4 rings (SSSR count). The van der Waals surface area contributed by atoms with Gasteiger partial charge in [0.25, 0.3) is 0 Å². The lowest BCUT2D eigenvalue weighted by Crippen LogP contribution is -2.01. The second-order valence-electron chi connectivity index (χ2n) is 7.18. The molecule has 0 saturated carbocycles. The van der Waals surface area contributed by atoms with Gasteiger partial charge in [-0.05, 0) is 41.9 Å². The summed E-state index contributed by atoms with van der Waals surface area (Å²) >= 11 is 4.37. The first-order chi connectivity index (χ1) is 17.1. The first-order valence-corrected chi connectivity index (χ1v) is 13.1. The lowest BCUT2D eigenvalue weighted by Gasteiger charge is -2.15. The molecule has 0 aliphatic heterocycles. The van der Waals surface area contributed by atoms with E-state index in [2.05, 4.69) is 30.1 Å². The van der Waals surface area contributed by atoms with E-state index in [1.807, 2.05) is 17.5 Å². The monoisotopic (exact) mass is 522 g/mol.